The molecule has 0 bridgehead atoms. The number of anilines is 1. The van der Waals surface area contributed by atoms with Crippen LogP contribution in [0.25, 0.3) is 11.1 Å². The van der Waals surface area contributed by atoms with E-state index < -0.39 is 0 Å². The number of hydrogen-bond donors (Lipinski definition) is 3. The van der Waals surface area contributed by atoms with E-state index in [-0.39, 0.29) is 5.84 Å². The summed E-state index contributed by atoms with van der Waals surface area (Å²) in [5.41, 5.74) is 17.8. The highest BCUT2D eigenvalue weighted by Crippen LogP contribution is 2.39. The molecule has 1 saturated heterocycles. The largest absolute Gasteiger partial charge is 0.398 e. The van der Waals surface area contributed by atoms with Gasteiger partial charge < -0.3 is 11.5 Å². The number of amidine groups is 1. The van der Waals surface area contributed by atoms with Crippen molar-refractivity contribution in [2.75, 3.05) is 18.8 Å². The molecular weight excluding hydrogens is 328 g/mol. The van der Waals surface area contributed by atoms with Gasteiger partial charge in [-0.05, 0) is 71.7 Å². The Morgan fingerprint density at radius 1 is 1.12 bits per heavy atom. The van der Waals surface area contributed by atoms with Gasteiger partial charge in [-0.15, -0.1) is 0 Å². The third kappa shape index (κ3) is 3.53. The lowest BCUT2D eigenvalue weighted by atomic mass is 9.87. The predicted octanol–water partition coefficient (Wildman–Crippen LogP) is 4.19. The Hall–Kier alpha value is -1.98. The molecule has 5 N–H and O–H groups in total. The van der Waals surface area contributed by atoms with Gasteiger partial charge in [-0.25, -0.2) is 4.31 Å². The summed E-state index contributed by atoms with van der Waals surface area (Å²) in [6, 6.07) is 10.4. The Labute approximate surface area is 154 Å². The van der Waals surface area contributed by atoms with Crippen molar-refractivity contribution in [1.29, 1.82) is 5.41 Å². The molecule has 2 aromatic carbocycles. The Morgan fingerprint density at radius 2 is 1.76 bits per heavy atom. The second kappa shape index (κ2) is 6.39. The average Bonchev–Trinajstić information content (AvgIpc) is 2.46. The zero-order chi connectivity index (χ0) is 18.4. The first-order valence-corrected chi connectivity index (χ1v) is 9.23. The molecule has 0 aromatic heterocycles. The third-order valence-electron chi connectivity index (χ3n) is 4.70. The van der Waals surface area contributed by atoms with Crippen LogP contribution in [0.4, 0.5) is 5.69 Å². The van der Waals surface area contributed by atoms with Crippen LogP contribution in [0.1, 0.15) is 30.5 Å². The van der Waals surface area contributed by atoms with Gasteiger partial charge in [-0.2, -0.15) is 0 Å². The number of hydrogen-bond acceptors (Lipinski definition) is 4. The van der Waals surface area contributed by atoms with Crippen LogP contribution in [0, 0.1) is 24.7 Å². The molecule has 1 aliphatic heterocycles. The van der Waals surface area contributed by atoms with Crippen molar-refractivity contribution >= 4 is 23.5 Å². The van der Waals surface area contributed by atoms with Crippen LogP contribution < -0.4 is 11.5 Å². The van der Waals surface area contributed by atoms with Gasteiger partial charge >= 0.3 is 0 Å². The first-order chi connectivity index (χ1) is 11.7. The molecule has 1 heterocycles. The summed E-state index contributed by atoms with van der Waals surface area (Å²) in [4.78, 5) is 1.26. The van der Waals surface area contributed by atoms with E-state index in [0.29, 0.717) is 16.7 Å². The van der Waals surface area contributed by atoms with Crippen LogP contribution in [-0.4, -0.2) is 23.2 Å². The minimum absolute atomic E-state index is 0.0158. The molecule has 2 aromatic rings. The zero-order valence-corrected chi connectivity index (χ0v) is 16.1. The topological polar surface area (TPSA) is 79.1 Å². The maximum Gasteiger partial charge on any atom is 0.125 e. The number of nitrogens with one attached hydrogen (secondary N) is 1. The normalized spacial score (nSPS) is 16.5. The van der Waals surface area contributed by atoms with E-state index in [1.807, 2.05) is 31.0 Å². The van der Waals surface area contributed by atoms with Crippen molar-refractivity contribution in [3.63, 3.8) is 0 Å². The molecule has 1 fully saturated rings. The number of aryl methyl sites for hydroxylation is 1. The second-order valence-corrected chi connectivity index (χ2v) is 8.82. The fourth-order valence-electron chi connectivity index (χ4n) is 3.50. The van der Waals surface area contributed by atoms with Crippen molar-refractivity contribution in [3.8, 4) is 11.1 Å². The number of nitrogen functional groups attached to an aromatic ring is 2. The summed E-state index contributed by atoms with van der Waals surface area (Å²) < 4.78 is 2.40. The Bertz CT molecular complexity index is 834. The van der Waals surface area contributed by atoms with Crippen LogP contribution >= 0.6 is 11.9 Å². The first-order valence-electron chi connectivity index (χ1n) is 8.45. The molecule has 25 heavy (non-hydrogen) atoms. The van der Waals surface area contributed by atoms with Crippen LogP contribution in [0.15, 0.2) is 35.2 Å². The van der Waals surface area contributed by atoms with Gasteiger partial charge in [0.2, 0.25) is 0 Å². The molecule has 3 rings (SSSR count). The Morgan fingerprint density at radius 3 is 2.32 bits per heavy atom. The highest BCUT2D eigenvalue weighted by Gasteiger charge is 2.34. The SMILES string of the molecule is Cc1cc(SN2CC(C)(C)C2)ccc1-c1ccc(N)c(C(=N)N)c1C. The summed E-state index contributed by atoms with van der Waals surface area (Å²) in [6.45, 7) is 11.0. The summed E-state index contributed by atoms with van der Waals surface area (Å²) in [6.07, 6.45) is 0. The highest BCUT2D eigenvalue weighted by molar-refractivity contribution is 7.97. The van der Waals surface area contributed by atoms with E-state index >= 15 is 0 Å². The van der Waals surface area contributed by atoms with Gasteiger partial charge in [0, 0.05) is 29.2 Å². The molecule has 132 valence electrons. The summed E-state index contributed by atoms with van der Waals surface area (Å²) in [5, 5.41) is 7.79. The summed E-state index contributed by atoms with van der Waals surface area (Å²) in [5.74, 6) is 0.0158. The van der Waals surface area contributed by atoms with Gasteiger partial charge in [0.1, 0.15) is 5.84 Å². The maximum absolute atomic E-state index is 7.79. The van der Waals surface area contributed by atoms with Gasteiger partial charge in [0.25, 0.3) is 0 Å². The lowest BCUT2D eigenvalue weighted by Crippen LogP contribution is -2.48. The average molecular weight is 355 g/mol. The van der Waals surface area contributed by atoms with Crippen molar-refractivity contribution in [2.24, 2.45) is 11.1 Å². The lowest BCUT2D eigenvalue weighted by Gasteiger charge is -2.44. The third-order valence-corrected chi connectivity index (χ3v) is 5.68. The Kier molecular flexibility index (Phi) is 4.56. The van der Waals surface area contributed by atoms with E-state index in [1.165, 1.54) is 10.5 Å². The Balaban J connectivity index is 1.89. The fraction of sp³-hybridized carbons (Fsp3) is 0.350. The van der Waals surface area contributed by atoms with Gasteiger partial charge in [-0.1, -0.05) is 26.0 Å². The van der Waals surface area contributed by atoms with Crippen molar-refractivity contribution in [3.05, 3.63) is 47.0 Å². The highest BCUT2D eigenvalue weighted by atomic mass is 32.2. The van der Waals surface area contributed by atoms with E-state index in [4.69, 9.17) is 16.9 Å². The van der Waals surface area contributed by atoms with E-state index in [0.717, 1.165) is 29.8 Å². The van der Waals surface area contributed by atoms with E-state index in [2.05, 4.69) is 43.3 Å². The van der Waals surface area contributed by atoms with Crippen LogP contribution in [0.2, 0.25) is 0 Å². The standard InChI is InChI=1S/C20H26N4S/c1-12-9-14(25-24-10-20(3,4)11-24)5-6-15(12)16-7-8-17(21)18(13(16)2)19(22)23/h5-9H,10-11,21H2,1-4H3,(H3,22,23). The molecule has 0 amide bonds. The molecular formula is C20H26N4S. The number of rotatable bonds is 4. The van der Waals surface area contributed by atoms with Gasteiger partial charge in [0.15, 0.2) is 0 Å². The van der Waals surface area contributed by atoms with Crippen molar-refractivity contribution in [1.82, 2.24) is 4.31 Å². The quantitative estimate of drug-likeness (QED) is 0.333. The smallest absolute Gasteiger partial charge is 0.125 e. The molecule has 0 radical (unpaired) electrons. The molecule has 0 atom stereocenters. The summed E-state index contributed by atoms with van der Waals surface area (Å²) >= 11 is 1.82. The molecule has 0 spiro atoms. The second-order valence-electron chi connectivity index (χ2n) is 7.65. The minimum atomic E-state index is 0.0158. The maximum atomic E-state index is 7.79. The molecule has 0 aliphatic carbocycles. The summed E-state index contributed by atoms with van der Waals surface area (Å²) in [7, 11) is 0. The molecule has 1 aliphatic rings. The monoisotopic (exact) mass is 354 g/mol. The van der Waals surface area contributed by atoms with E-state index in [1.54, 1.807) is 0 Å². The molecule has 5 heteroatoms. The first kappa shape index (κ1) is 17.8. The molecule has 0 unspecified atom stereocenters. The van der Waals surface area contributed by atoms with Crippen LogP contribution in [0.5, 0.6) is 0 Å². The number of nitrogens with two attached hydrogens (primary N) is 2. The van der Waals surface area contributed by atoms with Gasteiger partial charge in [0.05, 0.1) is 0 Å². The van der Waals surface area contributed by atoms with E-state index in [9.17, 15) is 0 Å². The zero-order valence-electron chi connectivity index (χ0n) is 15.3. The number of benzene rings is 2. The fourth-order valence-corrected chi connectivity index (χ4v) is 4.98. The number of nitrogens with zero attached hydrogens (tertiary/aromatic N) is 1. The van der Waals surface area contributed by atoms with Gasteiger partial charge in [-0.3, -0.25) is 5.41 Å². The van der Waals surface area contributed by atoms with Crippen molar-refractivity contribution < 1.29 is 0 Å². The molecule has 4 nitrogen and oxygen atoms in total. The lowest BCUT2D eigenvalue weighted by molar-refractivity contribution is 0.124. The van der Waals surface area contributed by atoms with Crippen LogP contribution in [-0.2, 0) is 0 Å². The molecule has 0 saturated carbocycles. The van der Waals surface area contributed by atoms with Crippen molar-refractivity contribution in [2.45, 2.75) is 32.6 Å². The predicted molar refractivity (Wildman–Crippen MR) is 108 cm³/mol. The van der Waals surface area contributed by atoms with Crippen LogP contribution in [0.3, 0.4) is 0 Å². The minimum Gasteiger partial charge on any atom is -0.398 e.